The first-order chi connectivity index (χ1) is 13.3. The summed E-state index contributed by atoms with van der Waals surface area (Å²) in [7, 11) is 0. The van der Waals surface area contributed by atoms with E-state index >= 15 is 0 Å². The third-order valence-corrected chi connectivity index (χ3v) is 4.14. The average molecular weight is 358 g/mol. The normalized spacial score (nSPS) is 10.7. The summed E-state index contributed by atoms with van der Waals surface area (Å²) < 4.78 is 12.8. The smallest absolute Gasteiger partial charge is 0.263 e. The lowest BCUT2D eigenvalue weighted by Gasteiger charge is -2.09. The maximum absolute atomic E-state index is 12.7. The van der Waals surface area contributed by atoms with Gasteiger partial charge in [-0.25, -0.2) is 4.98 Å². The first-order valence-electron chi connectivity index (χ1n) is 8.69. The first-order valence-corrected chi connectivity index (χ1v) is 8.69. The molecule has 4 aromatic rings. The van der Waals surface area contributed by atoms with Crippen LogP contribution in [0.5, 0.6) is 11.5 Å². The Hall–Kier alpha value is -3.60. The quantitative estimate of drug-likeness (QED) is 0.485. The number of rotatable bonds is 6. The van der Waals surface area contributed by atoms with Gasteiger partial charge in [-0.3, -0.25) is 9.36 Å². The van der Waals surface area contributed by atoms with Gasteiger partial charge in [0, 0.05) is 5.56 Å². The highest BCUT2D eigenvalue weighted by Crippen LogP contribution is 2.17. The van der Waals surface area contributed by atoms with E-state index in [9.17, 15) is 4.79 Å². The van der Waals surface area contributed by atoms with Crippen molar-refractivity contribution in [2.24, 2.45) is 0 Å². The Morgan fingerprint density at radius 3 is 2.15 bits per heavy atom. The monoisotopic (exact) mass is 358 g/mol. The lowest BCUT2D eigenvalue weighted by molar-refractivity contribution is 0.0964. The summed E-state index contributed by atoms with van der Waals surface area (Å²) >= 11 is 0. The van der Waals surface area contributed by atoms with E-state index in [4.69, 9.17) is 9.47 Å². The van der Waals surface area contributed by atoms with Crippen LogP contribution in [0, 0.1) is 0 Å². The van der Waals surface area contributed by atoms with E-state index in [1.54, 1.807) is 35.2 Å². The number of fused-ring (bicyclic) bond motifs is 1. The summed E-state index contributed by atoms with van der Waals surface area (Å²) in [6, 6.07) is 24.2. The van der Waals surface area contributed by atoms with Crippen LogP contribution in [0.1, 0.15) is 10.4 Å². The molecule has 5 heteroatoms. The second-order valence-corrected chi connectivity index (χ2v) is 5.94. The van der Waals surface area contributed by atoms with Crippen molar-refractivity contribution in [2.75, 3.05) is 13.2 Å². The Morgan fingerprint density at radius 1 is 0.778 bits per heavy atom. The van der Waals surface area contributed by atoms with Crippen LogP contribution in [0.4, 0.5) is 0 Å². The van der Waals surface area contributed by atoms with Crippen LogP contribution in [-0.2, 0) is 0 Å². The van der Waals surface area contributed by atoms with E-state index in [0.717, 1.165) is 16.8 Å². The fourth-order valence-electron chi connectivity index (χ4n) is 2.79. The van der Waals surface area contributed by atoms with E-state index in [1.807, 2.05) is 54.6 Å². The molecule has 0 spiro atoms. The van der Waals surface area contributed by atoms with Crippen LogP contribution in [0.25, 0.3) is 11.0 Å². The summed E-state index contributed by atoms with van der Waals surface area (Å²) in [6.45, 7) is 0.875. The fraction of sp³-hybridized carbons (Fsp3) is 0.0909. The predicted octanol–water partition coefficient (Wildman–Crippen LogP) is 4.18. The van der Waals surface area contributed by atoms with Crippen molar-refractivity contribution in [3.63, 3.8) is 0 Å². The second-order valence-electron chi connectivity index (χ2n) is 5.94. The molecule has 4 rings (SSSR count). The Balaban J connectivity index is 1.36. The van der Waals surface area contributed by atoms with Gasteiger partial charge in [-0.05, 0) is 48.5 Å². The van der Waals surface area contributed by atoms with Gasteiger partial charge in [0.15, 0.2) is 0 Å². The number of imidazole rings is 1. The number of ether oxygens (including phenoxy) is 2. The SMILES string of the molecule is O=C(c1ccc(OCCOc2ccccc2)cc1)n1cnc2ccccc21. The Kier molecular flexibility index (Phi) is 4.83. The molecule has 0 aliphatic carbocycles. The number of carbonyl (C=O) groups is 1. The van der Waals surface area contributed by atoms with Gasteiger partial charge >= 0.3 is 0 Å². The van der Waals surface area contributed by atoms with Crippen LogP contribution >= 0.6 is 0 Å². The molecule has 0 unspecified atom stereocenters. The van der Waals surface area contributed by atoms with Crippen molar-refractivity contribution in [1.29, 1.82) is 0 Å². The number of benzene rings is 3. The number of hydrogen-bond donors (Lipinski definition) is 0. The summed E-state index contributed by atoms with van der Waals surface area (Å²) in [5.41, 5.74) is 2.16. The van der Waals surface area contributed by atoms with E-state index in [0.29, 0.717) is 24.5 Å². The minimum atomic E-state index is -0.123. The lowest BCUT2D eigenvalue weighted by atomic mass is 10.2. The molecule has 0 atom stereocenters. The molecule has 27 heavy (non-hydrogen) atoms. The van der Waals surface area contributed by atoms with Crippen molar-refractivity contribution in [3.05, 3.63) is 90.8 Å². The van der Waals surface area contributed by atoms with Gasteiger partial charge < -0.3 is 9.47 Å². The van der Waals surface area contributed by atoms with Gasteiger partial charge in [0.1, 0.15) is 31.0 Å². The number of aromatic nitrogens is 2. The third-order valence-electron chi connectivity index (χ3n) is 4.14. The highest BCUT2D eigenvalue weighted by Gasteiger charge is 2.12. The van der Waals surface area contributed by atoms with Crippen molar-refractivity contribution in [3.8, 4) is 11.5 Å². The van der Waals surface area contributed by atoms with Gasteiger partial charge in [-0.2, -0.15) is 0 Å². The molecule has 1 aromatic heterocycles. The second kappa shape index (κ2) is 7.74. The largest absolute Gasteiger partial charge is 0.490 e. The third kappa shape index (κ3) is 3.82. The standard InChI is InChI=1S/C22H18N2O3/c25-22(24-16-23-20-8-4-5-9-21(20)24)17-10-12-19(13-11-17)27-15-14-26-18-6-2-1-3-7-18/h1-13,16H,14-15H2. The summed E-state index contributed by atoms with van der Waals surface area (Å²) in [5.74, 6) is 1.39. The molecule has 0 aliphatic rings. The Morgan fingerprint density at radius 2 is 1.41 bits per heavy atom. The van der Waals surface area contributed by atoms with Gasteiger partial charge in [0.25, 0.3) is 5.91 Å². The van der Waals surface area contributed by atoms with E-state index in [2.05, 4.69) is 4.98 Å². The molecule has 134 valence electrons. The molecule has 3 aromatic carbocycles. The molecule has 5 nitrogen and oxygen atoms in total. The van der Waals surface area contributed by atoms with Gasteiger partial charge in [0.05, 0.1) is 11.0 Å². The van der Waals surface area contributed by atoms with Crippen LogP contribution in [0.3, 0.4) is 0 Å². The highest BCUT2D eigenvalue weighted by molar-refractivity contribution is 6.01. The minimum Gasteiger partial charge on any atom is -0.490 e. The van der Waals surface area contributed by atoms with E-state index in [1.165, 1.54) is 0 Å². The van der Waals surface area contributed by atoms with Gasteiger partial charge in [-0.15, -0.1) is 0 Å². The van der Waals surface area contributed by atoms with Crippen LogP contribution < -0.4 is 9.47 Å². The molecule has 1 heterocycles. The predicted molar refractivity (Wildman–Crippen MR) is 103 cm³/mol. The van der Waals surface area contributed by atoms with E-state index < -0.39 is 0 Å². The summed E-state index contributed by atoms with van der Waals surface area (Å²) in [6.07, 6.45) is 1.55. The van der Waals surface area contributed by atoms with Crippen molar-refractivity contribution >= 4 is 16.9 Å². The fourth-order valence-corrected chi connectivity index (χ4v) is 2.79. The Bertz CT molecular complexity index is 1040. The first kappa shape index (κ1) is 16.8. The summed E-state index contributed by atoms with van der Waals surface area (Å²) in [4.78, 5) is 17.0. The maximum Gasteiger partial charge on any atom is 0.263 e. The van der Waals surface area contributed by atoms with Gasteiger partial charge in [-0.1, -0.05) is 30.3 Å². The number of nitrogens with zero attached hydrogens (tertiary/aromatic N) is 2. The number of carbonyl (C=O) groups excluding carboxylic acids is 1. The molecule has 0 saturated carbocycles. The molecular formula is C22H18N2O3. The number of hydrogen-bond acceptors (Lipinski definition) is 4. The molecule has 0 bridgehead atoms. The zero-order chi connectivity index (χ0) is 18.5. The van der Waals surface area contributed by atoms with Crippen molar-refractivity contribution in [2.45, 2.75) is 0 Å². The van der Waals surface area contributed by atoms with Crippen molar-refractivity contribution in [1.82, 2.24) is 9.55 Å². The molecule has 0 N–H and O–H groups in total. The summed E-state index contributed by atoms with van der Waals surface area (Å²) in [5, 5.41) is 0. The minimum absolute atomic E-state index is 0.123. The molecular weight excluding hydrogens is 340 g/mol. The molecule has 0 saturated heterocycles. The highest BCUT2D eigenvalue weighted by atomic mass is 16.5. The average Bonchev–Trinajstić information content (AvgIpc) is 3.16. The topological polar surface area (TPSA) is 53.4 Å². The molecule has 0 radical (unpaired) electrons. The van der Waals surface area contributed by atoms with Gasteiger partial charge in [0.2, 0.25) is 0 Å². The zero-order valence-electron chi connectivity index (χ0n) is 14.6. The number of para-hydroxylation sites is 3. The molecule has 0 aliphatic heterocycles. The van der Waals surface area contributed by atoms with Crippen LogP contribution in [0.15, 0.2) is 85.2 Å². The molecule has 0 fully saturated rings. The van der Waals surface area contributed by atoms with Crippen LogP contribution in [0.2, 0.25) is 0 Å². The molecule has 0 amide bonds. The zero-order valence-corrected chi connectivity index (χ0v) is 14.6. The maximum atomic E-state index is 12.7. The van der Waals surface area contributed by atoms with Crippen molar-refractivity contribution < 1.29 is 14.3 Å². The van der Waals surface area contributed by atoms with Crippen LogP contribution in [-0.4, -0.2) is 28.7 Å². The van der Waals surface area contributed by atoms with E-state index in [-0.39, 0.29) is 5.91 Å². The lowest BCUT2D eigenvalue weighted by Crippen LogP contribution is -2.11. The Labute approximate surface area is 156 Å².